The average molecular weight is 264 g/mol. The van der Waals surface area contributed by atoms with Gasteiger partial charge in [-0.2, -0.15) is 5.26 Å². The van der Waals surface area contributed by atoms with Crippen LogP contribution in [0.4, 0.5) is 0 Å². The Kier molecular flexibility index (Phi) is 4.52. The van der Waals surface area contributed by atoms with Crippen molar-refractivity contribution in [1.29, 1.82) is 5.26 Å². The SMILES string of the molecule is CC(Cc1ccccc1)NC(=O)c1cccc(C#N)c1. The highest BCUT2D eigenvalue weighted by Gasteiger charge is 2.10. The molecular formula is C17H16N2O. The fraction of sp³-hybridized carbons (Fsp3) is 0.176. The van der Waals surface area contributed by atoms with Gasteiger partial charge in [-0.25, -0.2) is 0 Å². The summed E-state index contributed by atoms with van der Waals surface area (Å²) in [7, 11) is 0. The number of hydrogen-bond donors (Lipinski definition) is 1. The van der Waals surface area contributed by atoms with Crippen molar-refractivity contribution >= 4 is 5.91 Å². The molecule has 0 aromatic heterocycles. The van der Waals surface area contributed by atoms with Gasteiger partial charge in [-0.3, -0.25) is 4.79 Å². The Morgan fingerprint density at radius 3 is 2.65 bits per heavy atom. The summed E-state index contributed by atoms with van der Waals surface area (Å²) in [5, 5.41) is 11.8. The lowest BCUT2D eigenvalue weighted by molar-refractivity contribution is 0.0940. The summed E-state index contributed by atoms with van der Waals surface area (Å²) in [5.74, 6) is -0.148. The molecule has 0 spiro atoms. The number of nitrogens with zero attached hydrogens (tertiary/aromatic N) is 1. The lowest BCUT2D eigenvalue weighted by Crippen LogP contribution is -2.34. The van der Waals surface area contributed by atoms with Crippen LogP contribution in [0.15, 0.2) is 54.6 Å². The second kappa shape index (κ2) is 6.53. The van der Waals surface area contributed by atoms with Crippen LogP contribution in [-0.4, -0.2) is 11.9 Å². The highest BCUT2D eigenvalue weighted by atomic mass is 16.1. The van der Waals surface area contributed by atoms with Crippen molar-refractivity contribution in [1.82, 2.24) is 5.32 Å². The second-order valence-corrected chi connectivity index (χ2v) is 4.76. The number of benzene rings is 2. The standard InChI is InChI=1S/C17H16N2O/c1-13(10-14-6-3-2-4-7-14)19-17(20)16-9-5-8-15(11-16)12-18/h2-9,11,13H,10H2,1H3,(H,19,20). The third-order valence-corrected chi connectivity index (χ3v) is 3.02. The van der Waals surface area contributed by atoms with Gasteiger partial charge in [-0.1, -0.05) is 36.4 Å². The van der Waals surface area contributed by atoms with Crippen LogP contribution in [0.25, 0.3) is 0 Å². The van der Waals surface area contributed by atoms with E-state index in [2.05, 4.69) is 5.32 Å². The summed E-state index contributed by atoms with van der Waals surface area (Å²) in [4.78, 5) is 12.1. The maximum absolute atomic E-state index is 12.1. The van der Waals surface area contributed by atoms with Gasteiger partial charge in [0, 0.05) is 11.6 Å². The minimum absolute atomic E-state index is 0.0376. The van der Waals surface area contributed by atoms with Crippen LogP contribution in [0.2, 0.25) is 0 Å². The van der Waals surface area contributed by atoms with E-state index < -0.39 is 0 Å². The molecule has 100 valence electrons. The lowest BCUT2D eigenvalue weighted by atomic mass is 10.1. The summed E-state index contributed by atoms with van der Waals surface area (Å²) < 4.78 is 0. The Balaban J connectivity index is 1.99. The highest BCUT2D eigenvalue weighted by Crippen LogP contribution is 2.06. The maximum Gasteiger partial charge on any atom is 0.251 e. The molecule has 0 radical (unpaired) electrons. The summed E-state index contributed by atoms with van der Waals surface area (Å²) in [6, 6.07) is 18.8. The molecule has 0 aliphatic heterocycles. The van der Waals surface area contributed by atoms with Crippen LogP contribution in [0.5, 0.6) is 0 Å². The summed E-state index contributed by atoms with van der Waals surface area (Å²) in [6.45, 7) is 1.97. The molecule has 1 amide bonds. The molecule has 1 unspecified atom stereocenters. The van der Waals surface area contributed by atoms with Gasteiger partial charge in [0.2, 0.25) is 0 Å². The molecule has 0 fully saturated rings. The van der Waals surface area contributed by atoms with Crippen molar-refractivity contribution in [3.63, 3.8) is 0 Å². The fourth-order valence-electron chi connectivity index (χ4n) is 2.06. The molecule has 0 heterocycles. The van der Waals surface area contributed by atoms with Gasteiger partial charge in [0.05, 0.1) is 11.6 Å². The predicted octanol–water partition coefficient (Wildman–Crippen LogP) is 2.92. The van der Waals surface area contributed by atoms with E-state index in [9.17, 15) is 4.79 Å². The smallest absolute Gasteiger partial charge is 0.251 e. The second-order valence-electron chi connectivity index (χ2n) is 4.76. The molecule has 2 aromatic carbocycles. The van der Waals surface area contributed by atoms with Gasteiger partial charge in [0.1, 0.15) is 0 Å². The van der Waals surface area contributed by atoms with E-state index in [0.717, 1.165) is 6.42 Å². The van der Waals surface area contributed by atoms with Crippen LogP contribution in [0.3, 0.4) is 0 Å². The number of carbonyl (C=O) groups excluding carboxylic acids is 1. The molecule has 0 saturated carbocycles. The van der Waals surface area contributed by atoms with E-state index in [-0.39, 0.29) is 11.9 Å². The Hall–Kier alpha value is -2.60. The lowest BCUT2D eigenvalue weighted by Gasteiger charge is -2.14. The molecule has 2 aromatic rings. The minimum atomic E-state index is -0.148. The zero-order valence-corrected chi connectivity index (χ0v) is 11.3. The first-order valence-electron chi connectivity index (χ1n) is 6.54. The Morgan fingerprint density at radius 2 is 1.95 bits per heavy atom. The van der Waals surface area contributed by atoms with Crippen molar-refractivity contribution in [2.45, 2.75) is 19.4 Å². The fourth-order valence-corrected chi connectivity index (χ4v) is 2.06. The van der Waals surface area contributed by atoms with E-state index in [0.29, 0.717) is 11.1 Å². The highest BCUT2D eigenvalue weighted by molar-refractivity contribution is 5.94. The number of amides is 1. The van der Waals surface area contributed by atoms with Crippen molar-refractivity contribution in [3.05, 3.63) is 71.3 Å². The molecule has 3 heteroatoms. The Bertz CT molecular complexity index is 629. The first kappa shape index (κ1) is 13.8. The first-order chi connectivity index (χ1) is 9.69. The number of carbonyl (C=O) groups is 1. The monoisotopic (exact) mass is 264 g/mol. The molecule has 0 aliphatic carbocycles. The number of nitrogens with one attached hydrogen (secondary N) is 1. The number of nitriles is 1. The minimum Gasteiger partial charge on any atom is -0.349 e. The molecule has 0 bridgehead atoms. The Labute approximate surface area is 118 Å². The molecule has 0 saturated heterocycles. The van der Waals surface area contributed by atoms with Gasteiger partial charge in [0.25, 0.3) is 5.91 Å². The van der Waals surface area contributed by atoms with Gasteiger partial charge >= 0.3 is 0 Å². The van der Waals surface area contributed by atoms with Gasteiger partial charge in [-0.15, -0.1) is 0 Å². The van der Waals surface area contributed by atoms with Crippen molar-refractivity contribution in [2.24, 2.45) is 0 Å². The molecule has 1 N–H and O–H groups in total. The van der Waals surface area contributed by atoms with Gasteiger partial charge in [0.15, 0.2) is 0 Å². The number of hydrogen-bond acceptors (Lipinski definition) is 2. The van der Waals surface area contributed by atoms with Crippen LogP contribution in [0.1, 0.15) is 28.4 Å². The largest absolute Gasteiger partial charge is 0.349 e. The van der Waals surface area contributed by atoms with E-state index in [1.165, 1.54) is 5.56 Å². The van der Waals surface area contributed by atoms with Gasteiger partial charge in [-0.05, 0) is 37.1 Å². The van der Waals surface area contributed by atoms with E-state index in [4.69, 9.17) is 5.26 Å². The van der Waals surface area contributed by atoms with Crippen LogP contribution < -0.4 is 5.32 Å². The van der Waals surface area contributed by atoms with E-state index >= 15 is 0 Å². The topological polar surface area (TPSA) is 52.9 Å². The average Bonchev–Trinajstić information content (AvgIpc) is 2.48. The van der Waals surface area contributed by atoms with Gasteiger partial charge < -0.3 is 5.32 Å². The molecular weight excluding hydrogens is 248 g/mol. The van der Waals surface area contributed by atoms with E-state index in [1.54, 1.807) is 24.3 Å². The van der Waals surface area contributed by atoms with E-state index in [1.807, 2.05) is 43.3 Å². The Morgan fingerprint density at radius 1 is 1.20 bits per heavy atom. The molecule has 2 rings (SSSR count). The number of rotatable bonds is 4. The van der Waals surface area contributed by atoms with Crippen molar-refractivity contribution in [2.75, 3.05) is 0 Å². The molecule has 3 nitrogen and oxygen atoms in total. The maximum atomic E-state index is 12.1. The van der Waals surface area contributed by atoms with Crippen LogP contribution in [0, 0.1) is 11.3 Å². The summed E-state index contributed by atoms with van der Waals surface area (Å²) >= 11 is 0. The zero-order valence-electron chi connectivity index (χ0n) is 11.3. The predicted molar refractivity (Wildman–Crippen MR) is 78.2 cm³/mol. The summed E-state index contributed by atoms with van der Waals surface area (Å²) in [6.07, 6.45) is 0.782. The quantitative estimate of drug-likeness (QED) is 0.923. The van der Waals surface area contributed by atoms with Crippen LogP contribution >= 0.6 is 0 Å². The van der Waals surface area contributed by atoms with Crippen molar-refractivity contribution in [3.8, 4) is 6.07 Å². The van der Waals surface area contributed by atoms with Crippen molar-refractivity contribution < 1.29 is 4.79 Å². The van der Waals surface area contributed by atoms with Crippen LogP contribution in [-0.2, 0) is 6.42 Å². The zero-order chi connectivity index (χ0) is 14.4. The third-order valence-electron chi connectivity index (χ3n) is 3.02. The first-order valence-corrected chi connectivity index (χ1v) is 6.54. The summed E-state index contributed by atoms with van der Waals surface area (Å²) in [5.41, 5.74) is 2.20. The molecule has 1 atom stereocenters. The normalized spacial score (nSPS) is 11.4. The molecule has 0 aliphatic rings. The third kappa shape index (κ3) is 3.69. The molecule has 20 heavy (non-hydrogen) atoms.